The van der Waals surface area contributed by atoms with E-state index in [4.69, 9.17) is 15.1 Å². The van der Waals surface area contributed by atoms with E-state index in [-0.39, 0.29) is 5.91 Å². The maximum atomic E-state index is 12.0. The van der Waals surface area contributed by atoms with Crippen LogP contribution in [0.25, 0.3) is 0 Å². The summed E-state index contributed by atoms with van der Waals surface area (Å²) in [6.07, 6.45) is 1.59. The normalized spacial score (nSPS) is 16.7. The van der Waals surface area contributed by atoms with Crippen LogP contribution in [0.2, 0.25) is 0 Å². The number of hydrogen-bond acceptors (Lipinski definition) is 6. The molecule has 0 bridgehead atoms. The molecule has 7 heteroatoms. The van der Waals surface area contributed by atoms with Gasteiger partial charge in [0.25, 0.3) is 5.91 Å². The minimum Gasteiger partial charge on any atom is -0.289 e. The zero-order valence-electron chi connectivity index (χ0n) is 11.1. The van der Waals surface area contributed by atoms with Crippen LogP contribution < -0.4 is 5.48 Å². The summed E-state index contributed by atoms with van der Waals surface area (Å²) in [7, 11) is 0. The fourth-order valence-corrected chi connectivity index (χ4v) is 4.73. The molecular weight excluding hydrogens is 298 g/mol. The molecule has 0 spiro atoms. The topological polar surface area (TPSA) is 83.5 Å². The van der Waals surface area contributed by atoms with E-state index in [9.17, 15) is 4.79 Å². The predicted molar refractivity (Wildman–Crippen MR) is 83.0 cm³/mol. The van der Waals surface area contributed by atoms with Crippen molar-refractivity contribution in [2.24, 2.45) is 0 Å². The third-order valence-electron chi connectivity index (χ3n) is 3.15. The molecule has 1 aromatic rings. The molecule has 20 heavy (non-hydrogen) atoms. The quantitative estimate of drug-likeness (QED) is 0.659. The van der Waals surface area contributed by atoms with Gasteiger partial charge in [-0.2, -0.15) is 11.8 Å². The first kappa shape index (κ1) is 17.0. The Balaban J connectivity index is 0.000000956. The molecule has 1 fully saturated rings. The third-order valence-corrected chi connectivity index (χ3v) is 5.63. The molecule has 1 heterocycles. The molecule has 0 atom stereocenters. The highest BCUT2D eigenvalue weighted by atomic mass is 32.2. The van der Waals surface area contributed by atoms with Gasteiger partial charge in [-0.25, -0.2) is 5.48 Å². The summed E-state index contributed by atoms with van der Waals surface area (Å²) in [6, 6.07) is 8.16. The van der Waals surface area contributed by atoms with Crippen LogP contribution in [0.5, 0.6) is 0 Å². The Hall–Kier alpha value is -1.05. The first-order valence-corrected chi connectivity index (χ1v) is 8.08. The molecule has 0 saturated carbocycles. The molecule has 1 aromatic carbocycles. The van der Waals surface area contributed by atoms with Crippen molar-refractivity contribution in [1.29, 1.82) is 0 Å². The van der Waals surface area contributed by atoms with Crippen molar-refractivity contribution in [2.45, 2.75) is 29.4 Å². The SMILES string of the molecule is Cc1ccc(SC2(C(=O)NO)CCSCC2)cc1.O=O. The standard InChI is InChI=1S/C13H17NO2S2.O2/c1-10-2-4-11(5-3-10)18-13(12(15)14-16)6-8-17-9-7-13;1-2/h2-5,16H,6-9H2,1H3,(H,14,15);. The average molecular weight is 315 g/mol. The summed E-state index contributed by atoms with van der Waals surface area (Å²) >= 11 is 3.43. The number of hydroxylamine groups is 1. The van der Waals surface area contributed by atoms with Crippen LogP contribution in [-0.4, -0.2) is 27.4 Å². The monoisotopic (exact) mass is 315 g/mol. The number of amides is 1. The molecular formula is C13H17NO4S2. The van der Waals surface area contributed by atoms with Crippen LogP contribution >= 0.6 is 23.5 Å². The van der Waals surface area contributed by atoms with Gasteiger partial charge in [0.15, 0.2) is 0 Å². The van der Waals surface area contributed by atoms with Gasteiger partial charge in [-0.1, -0.05) is 17.7 Å². The number of carbonyl (C=O) groups excluding carboxylic acids is 1. The Morgan fingerprint density at radius 2 is 1.80 bits per heavy atom. The zero-order valence-corrected chi connectivity index (χ0v) is 12.8. The molecule has 0 unspecified atom stereocenters. The lowest BCUT2D eigenvalue weighted by atomic mass is 10.0. The maximum Gasteiger partial charge on any atom is 0.259 e. The largest absolute Gasteiger partial charge is 0.289 e. The summed E-state index contributed by atoms with van der Waals surface area (Å²) in [6.45, 7) is 2.04. The van der Waals surface area contributed by atoms with E-state index in [1.54, 1.807) is 11.8 Å². The summed E-state index contributed by atoms with van der Waals surface area (Å²) in [5.41, 5.74) is 3.05. The van der Waals surface area contributed by atoms with Gasteiger partial charge in [-0.15, -0.1) is 11.8 Å². The third kappa shape index (κ3) is 4.22. The number of hydrogen-bond donors (Lipinski definition) is 2. The summed E-state index contributed by atoms with van der Waals surface area (Å²) in [4.78, 5) is 27.0. The van der Waals surface area contributed by atoms with Crippen LogP contribution in [0.4, 0.5) is 0 Å². The molecule has 1 amide bonds. The fourth-order valence-electron chi connectivity index (χ4n) is 2.01. The van der Waals surface area contributed by atoms with E-state index in [1.165, 1.54) is 5.56 Å². The van der Waals surface area contributed by atoms with Crippen LogP contribution in [0, 0.1) is 16.9 Å². The lowest BCUT2D eigenvalue weighted by Crippen LogP contribution is -2.45. The highest BCUT2D eigenvalue weighted by Crippen LogP contribution is 2.43. The van der Waals surface area contributed by atoms with Crippen molar-refractivity contribution in [3.63, 3.8) is 0 Å². The molecule has 2 rings (SSSR count). The average Bonchev–Trinajstić information content (AvgIpc) is 2.52. The van der Waals surface area contributed by atoms with Gasteiger partial charge in [0, 0.05) is 14.8 Å². The van der Waals surface area contributed by atoms with Crippen molar-refractivity contribution in [2.75, 3.05) is 11.5 Å². The van der Waals surface area contributed by atoms with E-state index in [0.717, 1.165) is 29.2 Å². The Bertz CT molecular complexity index is 433. The maximum absolute atomic E-state index is 12.0. The molecule has 110 valence electrons. The predicted octanol–water partition coefficient (Wildman–Crippen LogP) is 2.93. The zero-order chi connectivity index (χ0) is 15.0. The summed E-state index contributed by atoms with van der Waals surface area (Å²) in [5, 5.41) is 8.95. The minimum absolute atomic E-state index is 0.270. The van der Waals surface area contributed by atoms with Gasteiger partial charge in [-0.05, 0) is 43.4 Å². The van der Waals surface area contributed by atoms with Gasteiger partial charge in [-0.3, -0.25) is 10.0 Å². The van der Waals surface area contributed by atoms with Crippen molar-refractivity contribution >= 4 is 29.4 Å². The van der Waals surface area contributed by atoms with Crippen molar-refractivity contribution < 1.29 is 10.0 Å². The van der Waals surface area contributed by atoms with Crippen molar-refractivity contribution in [3.05, 3.63) is 39.8 Å². The van der Waals surface area contributed by atoms with Gasteiger partial charge < -0.3 is 0 Å². The highest BCUT2D eigenvalue weighted by molar-refractivity contribution is 8.02. The van der Waals surface area contributed by atoms with Crippen LogP contribution in [-0.2, 0) is 4.79 Å². The summed E-state index contributed by atoms with van der Waals surface area (Å²) in [5.74, 6) is 1.66. The number of aryl methyl sites for hydroxylation is 1. The smallest absolute Gasteiger partial charge is 0.259 e. The Kier molecular flexibility index (Phi) is 7.04. The van der Waals surface area contributed by atoms with E-state index in [2.05, 4.69) is 0 Å². The number of rotatable bonds is 3. The second-order valence-electron chi connectivity index (χ2n) is 4.46. The van der Waals surface area contributed by atoms with Crippen LogP contribution in [0.3, 0.4) is 0 Å². The second kappa shape index (κ2) is 8.28. The first-order chi connectivity index (χ1) is 9.66. The van der Waals surface area contributed by atoms with Crippen molar-refractivity contribution in [1.82, 2.24) is 5.48 Å². The van der Waals surface area contributed by atoms with E-state index < -0.39 is 4.75 Å². The van der Waals surface area contributed by atoms with Gasteiger partial charge in [0.2, 0.25) is 0 Å². The van der Waals surface area contributed by atoms with E-state index in [1.807, 2.05) is 48.4 Å². The highest BCUT2D eigenvalue weighted by Gasteiger charge is 2.40. The minimum atomic E-state index is -0.519. The number of carbonyl (C=O) groups is 1. The fraction of sp³-hybridized carbons (Fsp3) is 0.462. The van der Waals surface area contributed by atoms with Gasteiger partial charge in [0.05, 0.1) is 0 Å². The molecule has 5 nitrogen and oxygen atoms in total. The van der Waals surface area contributed by atoms with E-state index in [0.29, 0.717) is 0 Å². The molecule has 1 aliphatic heterocycles. The van der Waals surface area contributed by atoms with Gasteiger partial charge in [0.1, 0.15) is 4.75 Å². The van der Waals surface area contributed by atoms with E-state index >= 15 is 0 Å². The van der Waals surface area contributed by atoms with Crippen LogP contribution in [0.1, 0.15) is 18.4 Å². The van der Waals surface area contributed by atoms with Crippen molar-refractivity contribution in [3.8, 4) is 0 Å². The second-order valence-corrected chi connectivity index (χ2v) is 7.14. The van der Waals surface area contributed by atoms with Gasteiger partial charge >= 0.3 is 0 Å². The molecule has 0 radical (unpaired) electrons. The molecule has 1 saturated heterocycles. The Labute approximate surface area is 126 Å². The lowest BCUT2D eigenvalue weighted by molar-refractivity contribution is -0.131. The molecule has 0 aliphatic carbocycles. The Morgan fingerprint density at radius 1 is 1.25 bits per heavy atom. The number of nitrogens with one attached hydrogen (secondary N) is 1. The lowest BCUT2D eigenvalue weighted by Gasteiger charge is -2.34. The molecule has 0 aromatic heterocycles. The molecule has 1 aliphatic rings. The number of benzene rings is 1. The van der Waals surface area contributed by atoms with Crippen LogP contribution in [0.15, 0.2) is 29.2 Å². The summed E-state index contributed by atoms with van der Waals surface area (Å²) < 4.78 is -0.519. The molecule has 2 N–H and O–H groups in total. The Morgan fingerprint density at radius 3 is 2.30 bits per heavy atom. The number of thioether (sulfide) groups is 2. The first-order valence-electron chi connectivity index (χ1n) is 6.11.